The molecule has 4 nitrogen and oxygen atoms in total. The Bertz CT molecular complexity index is 454. The molecule has 0 aromatic heterocycles. The van der Waals surface area contributed by atoms with Crippen molar-refractivity contribution in [2.24, 2.45) is 5.73 Å². The standard InChI is InChI=1S/C12H14F2N2O2/c13-8-1-2-11(14)10(5-8)12(17)16-3-4-18-9(6-15)7-16/h1-2,5,9H,3-4,6-7,15H2. The second-order valence-electron chi connectivity index (χ2n) is 4.10. The van der Waals surface area contributed by atoms with E-state index in [-0.39, 0.29) is 18.2 Å². The van der Waals surface area contributed by atoms with Gasteiger partial charge in [-0.05, 0) is 18.2 Å². The average molecular weight is 256 g/mol. The SMILES string of the molecule is NCC1CN(C(=O)c2cc(F)ccc2F)CCO1. The molecule has 1 saturated heterocycles. The van der Waals surface area contributed by atoms with E-state index in [1.54, 1.807) is 0 Å². The predicted octanol–water partition coefficient (Wildman–Crippen LogP) is 0.765. The van der Waals surface area contributed by atoms with Gasteiger partial charge in [0.1, 0.15) is 11.6 Å². The maximum absolute atomic E-state index is 13.5. The van der Waals surface area contributed by atoms with Gasteiger partial charge >= 0.3 is 0 Å². The van der Waals surface area contributed by atoms with Crippen molar-refractivity contribution in [2.45, 2.75) is 6.10 Å². The molecule has 1 aliphatic rings. The highest BCUT2D eigenvalue weighted by Crippen LogP contribution is 2.14. The van der Waals surface area contributed by atoms with E-state index < -0.39 is 17.5 Å². The summed E-state index contributed by atoms with van der Waals surface area (Å²) in [4.78, 5) is 13.5. The van der Waals surface area contributed by atoms with Crippen LogP contribution in [-0.4, -0.2) is 43.2 Å². The molecular weight excluding hydrogens is 242 g/mol. The number of halogens is 2. The molecule has 0 aliphatic carbocycles. The maximum Gasteiger partial charge on any atom is 0.257 e. The zero-order valence-corrected chi connectivity index (χ0v) is 9.73. The number of carbonyl (C=O) groups is 1. The first-order chi connectivity index (χ1) is 8.61. The van der Waals surface area contributed by atoms with E-state index in [1.807, 2.05) is 0 Å². The smallest absolute Gasteiger partial charge is 0.257 e. The van der Waals surface area contributed by atoms with E-state index in [1.165, 1.54) is 4.90 Å². The zero-order valence-electron chi connectivity index (χ0n) is 9.73. The van der Waals surface area contributed by atoms with Gasteiger partial charge in [0.25, 0.3) is 5.91 Å². The summed E-state index contributed by atoms with van der Waals surface area (Å²) < 4.78 is 31.8. The number of nitrogens with zero attached hydrogens (tertiary/aromatic N) is 1. The van der Waals surface area contributed by atoms with E-state index in [4.69, 9.17) is 10.5 Å². The van der Waals surface area contributed by atoms with Gasteiger partial charge in [-0.15, -0.1) is 0 Å². The average Bonchev–Trinajstić information content (AvgIpc) is 2.41. The van der Waals surface area contributed by atoms with Crippen LogP contribution >= 0.6 is 0 Å². The first-order valence-corrected chi connectivity index (χ1v) is 5.68. The molecule has 1 heterocycles. The molecule has 1 unspecified atom stereocenters. The summed E-state index contributed by atoms with van der Waals surface area (Å²) in [5.41, 5.74) is 5.20. The first kappa shape index (κ1) is 12.9. The minimum absolute atomic E-state index is 0.251. The van der Waals surface area contributed by atoms with Gasteiger partial charge in [-0.3, -0.25) is 4.79 Å². The Morgan fingerprint density at radius 1 is 1.50 bits per heavy atom. The molecule has 0 radical (unpaired) electrons. The molecule has 1 fully saturated rings. The topological polar surface area (TPSA) is 55.6 Å². The molecule has 2 N–H and O–H groups in total. The summed E-state index contributed by atoms with van der Waals surface area (Å²) in [6, 6.07) is 2.84. The third-order valence-electron chi connectivity index (χ3n) is 2.85. The van der Waals surface area contributed by atoms with Crippen LogP contribution in [0.4, 0.5) is 8.78 Å². The lowest BCUT2D eigenvalue weighted by molar-refractivity contribution is -0.0169. The molecule has 0 spiro atoms. The summed E-state index contributed by atoms with van der Waals surface area (Å²) in [7, 11) is 0. The summed E-state index contributed by atoms with van der Waals surface area (Å²) in [5.74, 6) is -1.89. The van der Waals surface area contributed by atoms with E-state index in [0.717, 1.165) is 18.2 Å². The number of rotatable bonds is 2. The van der Waals surface area contributed by atoms with Crippen molar-refractivity contribution >= 4 is 5.91 Å². The monoisotopic (exact) mass is 256 g/mol. The fourth-order valence-corrected chi connectivity index (χ4v) is 1.88. The Morgan fingerprint density at radius 3 is 3.00 bits per heavy atom. The Morgan fingerprint density at radius 2 is 2.28 bits per heavy atom. The number of ether oxygens (including phenoxy) is 1. The molecule has 2 rings (SSSR count). The summed E-state index contributed by atoms with van der Waals surface area (Å²) >= 11 is 0. The third kappa shape index (κ3) is 2.65. The summed E-state index contributed by atoms with van der Waals surface area (Å²) in [6.45, 7) is 1.29. The van der Waals surface area contributed by atoms with Crippen LogP contribution in [0.2, 0.25) is 0 Å². The van der Waals surface area contributed by atoms with Gasteiger partial charge in [-0.2, -0.15) is 0 Å². The van der Waals surface area contributed by atoms with Gasteiger partial charge in [0, 0.05) is 19.6 Å². The quantitative estimate of drug-likeness (QED) is 0.850. The lowest BCUT2D eigenvalue weighted by Gasteiger charge is -2.32. The van der Waals surface area contributed by atoms with Crippen molar-refractivity contribution in [3.63, 3.8) is 0 Å². The van der Waals surface area contributed by atoms with Crippen molar-refractivity contribution in [3.05, 3.63) is 35.4 Å². The highest BCUT2D eigenvalue weighted by molar-refractivity contribution is 5.94. The number of benzene rings is 1. The van der Waals surface area contributed by atoms with Crippen molar-refractivity contribution in [3.8, 4) is 0 Å². The van der Waals surface area contributed by atoms with Gasteiger partial charge in [-0.1, -0.05) is 0 Å². The van der Waals surface area contributed by atoms with Crippen LogP contribution in [0.5, 0.6) is 0 Å². The molecule has 1 amide bonds. The van der Waals surface area contributed by atoms with Crippen LogP contribution in [0.25, 0.3) is 0 Å². The molecule has 1 atom stereocenters. The molecule has 1 aromatic rings. The van der Waals surface area contributed by atoms with E-state index in [9.17, 15) is 13.6 Å². The Hall–Kier alpha value is -1.53. The lowest BCUT2D eigenvalue weighted by Crippen LogP contribution is -2.48. The molecular formula is C12H14F2N2O2. The molecule has 1 aliphatic heterocycles. The Balaban J connectivity index is 2.17. The van der Waals surface area contributed by atoms with E-state index in [2.05, 4.69) is 0 Å². The van der Waals surface area contributed by atoms with Gasteiger partial charge in [0.15, 0.2) is 0 Å². The minimum Gasteiger partial charge on any atom is -0.373 e. The molecule has 18 heavy (non-hydrogen) atoms. The fraction of sp³-hybridized carbons (Fsp3) is 0.417. The number of hydrogen-bond acceptors (Lipinski definition) is 3. The molecule has 0 bridgehead atoms. The second kappa shape index (κ2) is 5.41. The Kier molecular flexibility index (Phi) is 3.88. The molecule has 0 saturated carbocycles. The van der Waals surface area contributed by atoms with Gasteiger partial charge in [-0.25, -0.2) is 8.78 Å². The first-order valence-electron chi connectivity index (χ1n) is 5.68. The number of amides is 1. The molecule has 1 aromatic carbocycles. The van der Waals surface area contributed by atoms with Crippen LogP contribution in [0, 0.1) is 11.6 Å². The van der Waals surface area contributed by atoms with Crippen LogP contribution in [0.3, 0.4) is 0 Å². The van der Waals surface area contributed by atoms with Crippen molar-refractivity contribution < 1.29 is 18.3 Å². The molecule has 98 valence electrons. The summed E-state index contributed by atoms with van der Waals surface area (Å²) in [6.07, 6.45) is -0.251. The van der Waals surface area contributed by atoms with Gasteiger partial charge in [0.05, 0.1) is 18.3 Å². The maximum atomic E-state index is 13.5. The highest BCUT2D eigenvalue weighted by Gasteiger charge is 2.26. The zero-order chi connectivity index (χ0) is 13.1. The van der Waals surface area contributed by atoms with E-state index in [0.29, 0.717) is 19.7 Å². The normalized spacial score (nSPS) is 19.9. The number of morpholine rings is 1. The highest BCUT2D eigenvalue weighted by atomic mass is 19.1. The van der Waals surface area contributed by atoms with Crippen LogP contribution in [-0.2, 0) is 4.74 Å². The van der Waals surface area contributed by atoms with E-state index >= 15 is 0 Å². The second-order valence-corrected chi connectivity index (χ2v) is 4.10. The lowest BCUT2D eigenvalue weighted by atomic mass is 10.1. The van der Waals surface area contributed by atoms with Crippen molar-refractivity contribution in [2.75, 3.05) is 26.2 Å². The van der Waals surface area contributed by atoms with Gasteiger partial charge in [0.2, 0.25) is 0 Å². The minimum atomic E-state index is -0.725. The largest absolute Gasteiger partial charge is 0.373 e. The van der Waals surface area contributed by atoms with Crippen molar-refractivity contribution in [1.29, 1.82) is 0 Å². The van der Waals surface area contributed by atoms with Gasteiger partial charge < -0.3 is 15.4 Å². The Labute approximate surface area is 103 Å². The van der Waals surface area contributed by atoms with Crippen LogP contribution < -0.4 is 5.73 Å². The fourth-order valence-electron chi connectivity index (χ4n) is 1.88. The predicted molar refractivity (Wildman–Crippen MR) is 61.1 cm³/mol. The summed E-state index contributed by atoms with van der Waals surface area (Å²) in [5, 5.41) is 0. The molecule has 6 heteroatoms. The van der Waals surface area contributed by atoms with Crippen LogP contribution in [0.1, 0.15) is 10.4 Å². The number of hydrogen-bond donors (Lipinski definition) is 1. The third-order valence-corrected chi connectivity index (χ3v) is 2.85. The number of nitrogens with two attached hydrogens (primary N) is 1. The van der Waals surface area contributed by atoms with Crippen molar-refractivity contribution in [1.82, 2.24) is 4.90 Å². The number of carbonyl (C=O) groups excluding carboxylic acids is 1. The van der Waals surface area contributed by atoms with Crippen LogP contribution in [0.15, 0.2) is 18.2 Å².